The molecule has 3 aromatic rings. The standard InChI is InChI=1S/C18H19ClN2/c1-11-8-9-12(2)16(10-11)21-17-13(3)6-5-7-15(17)20-18(21)14(4)19/h5-10,14H,1-4H3. The average Bonchev–Trinajstić information content (AvgIpc) is 2.82. The number of hydrogen-bond donors (Lipinski definition) is 0. The van der Waals surface area contributed by atoms with Crippen LogP contribution in [0.5, 0.6) is 0 Å². The van der Waals surface area contributed by atoms with Crippen molar-refractivity contribution in [2.24, 2.45) is 0 Å². The van der Waals surface area contributed by atoms with Crippen LogP contribution in [0.4, 0.5) is 0 Å². The Morgan fingerprint density at radius 3 is 2.52 bits per heavy atom. The maximum Gasteiger partial charge on any atom is 0.132 e. The van der Waals surface area contributed by atoms with Gasteiger partial charge in [-0.25, -0.2) is 4.98 Å². The summed E-state index contributed by atoms with van der Waals surface area (Å²) in [5.74, 6) is 0.898. The largest absolute Gasteiger partial charge is 0.295 e. The fourth-order valence-electron chi connectivity index (χ4n) is 2.78. The van der Waals surface area contributed by atoms with Gasteiger partial charge in [0.05, 0.1) is 22.1 Å². The number of alkyl halides is 1. The lowest BCUT2D eigenvalue weighted by Crippen LogP contribution is -2.04. The summed E-state index contributed by atoms with van der Waals surface area (Å²) in [5, 5.41) is -0.142. The van der Waals surface area contributed by atoms with E-state index >= 15 is 0 Å². The molecule has 2 nitrogen and oxygen atoms in total. The van der Waals surface area contributed by atoms with Crippen LogP contribution in [-0.2, 0) is 0 Å². The SMILES string of the molecule is Cc1ccc(C)c(-n2c(C(C)Cl)nc3cccc(C)c32)c1. The van der Waals surface area contributed by atoms with Gasteiger partial charge < -0.3 is 0 Å². The Morgan fingerprint density at radius 2 is 1.81 bits per heavy atom. The van der Waals surface area contributed by atoms with Crippen LogP contribution in [0, 0.1) is 20.8 Å². The molecule has 0 aliphatic carbocycles. The van der Waals surface area contributed by atoms with E-state index in [1.807, 2.05) is 19.1 Å². The van der Waals surface area contributed by atoms with Crippen LogP contribution < -0.4 is 0 Å². The number of hydrogen-bond acceptors (Lipinski definition) is 1. The summed E-state index contributed by atoms with van der Waals surface area (Å²) < 4.78 is 2.21. The third-order valence-corrected chi connectivity index (χ3v) is 4.06. The summed E-state index contributed by atoms with van der Waals surface area (Å²) >= 11 is 6.39. The number of halogens is 1. The minimum absolute atomic E-state index is 0.142. The number of aryl methyl sites for hydroxylation is 3. The first kappa shape index (κ1) is 14.2. The lowest BCUT2D eigenvalue weighted by atomic mass is 10.1. The first-order valence-corrected chi connectivity index (χ1v) is 7.62. The van der Waals surface area contributed by atoms with Gasteiger partial charge in [0.15, 0.2) is 0 Å². The molecule has 3 heteroatoms. The van der Waals surface area contributed by atoms with E-state index in [2.05, 4.69) is 49.6 Å². The molecule has 0 radical (unpaired) electrons. The zero-order valence-electron chi connectivity index (χ0n) is 12.8. The predicted molar refractivity (Wildman–Crippen MR) is 89.5 cm³/mol. The molecule has 21 heavy (non-hydrogen) atoms. The predicted octanol–water partition coefficient (Wildman–Crippen LogP) is 5.25. The summed E-state index contributed by atoms with van der Waals surface area (Å²) in [6.45, 7) is 8.33. The highest BCUT2D eigenvalue weighted by molar-refractivity contribution is 6.20. The monoisotopic (exact) mass is 298 g/mol. The molecule has 0 saturated heterocycles. The minimum atomic E-state index is -0.142. The molecule has 108 valence electrons. The van der Waals surface area contributed by atoms with Gasteiger partial charge in [0.2, 0.25) is 0 Å². The number of aromatic nitrogens is 2. The highest BCUT2D eigenvalue weighted by Gasteiger charge is 2.18. The summed E-state index contributed by atoms with van der Waals surface area (Å²) in [6, 6.07) is 12.7. The molecule has 0 N–H and O–H groups in total. The van der Waals surface area contributed by atoms with E-state index in [1.165, 1.54) is 16.7 Å². The second-order valence-electron chi connectivity index (χ2n) is 5.65. The molecule has 0 saturated carbocycles. The van der Waals surface area contributed by atoms with Crippen molar-refractivity contribution in [1.82, 2.24) is 9.55 Å². The molecule has 1 unspecified atom stereocenters. The van der Waals surface area contributed by atoms with Crippen molar-refractivity contribution in [1.29, 1.82) is 0 Å². The molecule has 1 heterocycles. The van der Waals surface area contributed by atoms with Crippen molar-refractivity contribution in [2.75, 3.05) is 0 Å². The van der Waals surface area contributed by atoms with E-state index in [4.69, 9.17) is 16.6 Å². The summed E-state index contributed by atoms with van der Waals surface area (Å²) in [4.78, 5) is 4.75. The molecule has 3 rings (SSSR count). The molecule has 0 fully saturated rings. The smallest absolute Gasteiger partial charge is 0.132 e. The highest BCUT2D eigenvalue weighted by Crippen LogP contribution is 2.31. The summed E-state index contributed by atoms with van der Waals surface area (Å²) in [5.41, 5.74) is 6.98. The second kappa shape index (κ2) is 5.19. The third-order valence-electron chi connectivity index (χ3n) is 3.87. The number of rotatable bonds is 2. The fraction of sp³-hybridized carbons (Fsp3) is 0.278. The van der Waals surface area contributed by atoms with Crippen LogP contribution >= 0.6 is 11.6 Å². The lowest BCUT2D eigenvalue weighted by Gasteiger charge is -2.15. The third kappa shape index (κ3) is 2.34. The van der Waals surface area contributed by atoms with Gasteiger partial charge in [0.1, 0.15) is 5.82 Å². The zero-order valence-corrected chi connectivity index (χ0v) is 13.6. The number of nitrogens with zero attached hydrogens (tertiary/aromatic N) is 2. The second-order valence-corrected chi connectivity index (χ2v) is 6.31. The fourth-order valence-corrected chi connectivity index (χ4v) is 2.93. The van der Waals surface area contributed by atoms with Crippen LogP contribution in [-0.4, -0.2) is 9.55 Å². The van der Waals surface area contributed by atoms with Gasteiger partial charge in [-0.1, -0.05) is 24.3 Å². The Bertz CT molecular complexity index is 815. The molecular weight excluding hydrogens is 280 g/mol. The van der Waals surface area contributed by atoms with Crippen LogP contribution in [0.25, 0.3) is 16.7 Å². The lowest BCUT2D eigenvalue weighted by molar-refractivity contribution is 0.876. The minimum Gasteiger partial charge on any atom is -0.295 e. The van der Waals surface area contributed by atoms with Gasteiger partial charge in [0.25, 0.3) is 0 Å². The Hall–Kier alpha value is -1.80. The first-order valence-electron chi connectivity index (χ1n) is 7.18. The van der Waals surface area contributed by atoms with Crippen molar-refractivity contribution in [2.45, 2.75) is 33.1 Å². The maximum absolute atomic E-state index is 6.39. The molecule has 0 spiro atoms. The average molecular weight is 299 g/mol. The normalized spacial score (nSPS) is 12.8. The van der Waals surface area contributed by atoms with Crippen molar-refractivity contribution >= 4 is 22.6 Å². The quantitative estimate of drug-likeness (QED) is 0.591. The van der Waals surface area contributed by atoms with Crippen molar-refractivity contribution in [3.8, 4) is 5.69 Å². The van der Waals surface area contributed by atoms with E-state index in [0.29, 0.717) is 0 Å². The van der Waals surface area contributed by atoms with Gasteiger partial charge in [0, 0.05) is 0 Å². The van der Waals surface area contributed by atoms with E-state index in [0.717, 1.165) is 22.5 Å². The maximum atomic E-state index is 6.39. The van der Waals surface area contributed by atoms with Crippen molar-refractivity contribution in [3.63, 3.8) is 0 Å². The molecule has 1 aromatic heterocycles. The van der Waals surface area contributed by atoms with Gasteiger partial charge in [-0.3, -0.25) is 4.57 Å². The molecular formula is C18H19ClN2. The first-order chi connectivity index (χ1) is 9.99. The number of para-hydroxylation sites is 1. The summed E-state index contributed by atoms with van der Waals surface area (Å²) in [6.07, 6.45) is 0. The Balaban J connectivity index is 2.44. The van der Waals surface area contributed by atoms with Crippen molar-refractivity contribution < 1.29 is 0 Å². The van der Waals surface area contributed by atoms with Gasteiger partial charge >= 0.3 is 0 Å². The van der Waals surface area contributed by atoms with Gasteiger partial charge in [-0.05, 0) is 56.5 Å². The molecule has 1 atom stereocenters. The van der Waals surface area contributed by atoms with Crippen molar-refractivity contribution in [3.05, 3.63) is 58.9 Å². The van der Waals surface area contributed by atoms with Gasteiger partial charge in [-0.2, -0.15) is 0 Å². The van der Waals surface area contributed by atoms with Crippen LogP contribution in [0.3, 0.4) is 0 Å². The Morgan fingerprint density at radius 1 is 1.05 bits per heavy atom. The molecule has 0 bridgehead atoms. The highest BCUT2D eigenvalue weighted by atomic mass is 35.5. The van der Waals surface area contributed by atoms with Gasteiger partial charge in [-0.15, -0.1) is 11.6 Å². The molecule has 0 amide bonds. The van der Waals surface area contributed by atoms with Crippen LogP contribution in [0.1, 0.15) is 34.8 Å². The topological polar surface area (TPSA) is 17.8 Å². The molecule has 2 aromatic carbocycles. The summed E-state index contributed by atoms with van der Waals surface area (Å²) in [7, 11) is 0. The molecule has 0 aliphatic rings. The van der Waals surface area contributed by atoms with E-state index in [9.17, 15) is 0 Å². The number of imidazole rings is 1. The van der Waals surface area contributed by atoms with E-state index in [-0.39, 0.29) is 5.38 Å². The number of fused-ring (bicyclic) bond motifs is 1. The van der Waals surface area contributed by atoms with Crippen LogP contribution in [0.2, 0.25) is 0 Å². The Labute approximate surface area is 130 Å². The molecule has 0 aliphatic heterocycles. The Kier molecular flexibility index (Phi) is 3.50. The van der Waals surface area contributed by atoms with Crippen LogP contribution in [0.15, 0.2) is 36.4 Å². The zero-order chi connectivity index (χ0) is 15.1. The number of benzene rings is 2. The van der Waals surface area contributed by atoms with E-state index < -0.39 is 0 Å². The van der Waals surface area contributed by atoms with E-state index in [1.54, 1.807) is 0 Å².